The van der Waals surface area contributed by atoms with Gasteiger partial charge < -0.3 is 20.9 Å². The summed E-state index contributed by atoms with van der Waals surface area (Å²) >= 11 is 1.65. The van der Waals surface area contributed by atoms with Crippen molar-refractivity contribution in [3.8, 4) is 0 Å². The van der Waals surface area contributed by atoms with Gasteiger partial charge in [-0.05, 0) is 36.1 Å². The third-order valence-electron chi connectivity index (χ3n) is 5.95. The molecule has 1 fully saturated rings. The first kappa shape index (κ1) is 21.5. The van der Waals surface area contributed by atoms with Crippen LogP contribution in [0, 0.1) is 6.92 Å². The number of fused-ring (bicyclic) bond motifs is 1. The maximum absolute atomic E-state index is 4.76. The van der Waals surface area contributed by atoms with Crippen molar-refractivity contribution in [3.63, 3.8) is 0 Å². The van der Waals surface area contributed by atoms with Crippen LogP contribution in [0.1, 0.15) is 24.0 Å². The Labute approximate surface area is 197 Å². The molecule has 2 aromatic heterocycles. The summed E-state index contributed by atoms with van der Waals surface area (Å²) in [6, 6.07) is 14.5. The largest absolute Gasteiger partial charge is 0.353 e. The van der Waals surface area contributed by atoms with Gasteiger partial charge in [-0.1, -0.05) is 37.3 Å². The fourth-order valence-corrected chi connectivity index (χ4v) is 4.77. The Balaban J connectivity index is 1.41. The summed E-state index contributed by atoms with van der Waals surface area (Å²) < 4.78 is 1.17. The van der Waals surface area contributed by atoms with Crippen molar-refractivity contribution in [1.29, 1.82) is 0 Å². The Hall–Kier alpha value is -3.30. The molecular formula is C24H28N8S. The fraction of sp³-hybridized carbons (Fsp3) is 0.333. The van der Waals surface area contributed by atoms with Gasteiger partial charge in [0, 0.05) is 38.4 Å². The van der Waals surface area contributed by atoms with E-state index in [1.54, 1.807) is 11.3 Å². The predicted octanol–water partition coefficient (Wildman–Crippen LogP) is 4.16. The lowest BCUT2D eigenvalue weighted by Gasteiger charge is -2.27. The second-order valence-electron chi connectivity index (χ2n) is 8.28. The lowest BCUT2D eigenvalue weighted by atomic mass is 10.0. The highest BCUT2D eigenvalue weighted by Crippen LogP contribution is 2.30. The second-order valence-corrected chi connectivity index (χ2v) is 9.13. The van der Waals surface area contributed by atoms with Crippen molar-refractivity contribution in [3.05, 3.63) is 59.1 Å². The molecule has 5 rings (SSSR count). The molecule has 0 aliphatic carbocycles. The smallest absolute Gasteiger partial charge is 0.233 e. The Morgan fingerprint density at radius 1 is 1.03 bits per heavy atom. The molecule has 0 amide bonds. The molecule has 4 aromatic rings. The van der Waals surface area contributed by atoms with Crippen LogP contribution < -0.4 is 20.9 Å². The molecule has 2 aromatic carbocycles. The van der Waals surface area contributed by atoms with Gasteiger partial charge in [-0.3, -0.25) is 0 Å². The molecule has 0 saturated carbocycles. The van der Waals surface area contributed by atoms with Crippen LogP contribution >= 0.6 is 11.3 Å². The van der Waals surface area contributed by atoms with Crippen molar-refractivity contribution in [2.75, 3.05) is 48.3 Å². The topological polar surface area (TPSA) is 90.9 Å². The van der Waals surface area contributed by atoms with Crippen molar-refractivity contribution < 1.29 is 0 Å². The van der Waals surface area contributed by atoms with Crippen molar-refractivity contribution in [2.45, 2.75) is 19.8 Å². The Bertz CT molecular complexity index is 1220. The van der Waals surface area contributed by atoms with E-state index in [1.807, 2.05) is 23.7 Å². The van der Waals surface area contributed by atoms with Crippen LogP contribution in [0.3, 0.4) is 0 Å². The summed E-state index contributed by atoms with van der Waals surface area (Å²) in [7, 11) is 0. The summed E-state index contributed by atoms with van der Waals surface area (Å²) in [4.78, 5) is 20.8. The van der Waals surface area contributed by atoms with Gasteiger partial charge in [0.05, 0.1) is 15.7 Å². The molecule has 8 nitrogen and oxygen atoms in total. The van der Waals surface area contributed by atoms with Gasteiger partial charge in [-0.2, -0.15) is 15.0 Å². The van der Waals surface area contributed by atoms with Gasteiger partial charge >= 0.3 is 0 Å². The van der Waals surface area contributed by atoms with E-state index in [0.717, 1.165) is 49.5 Å². The minimum Gasteiger partial charge on any atom is -0.353 e. The van der Waals surface area contributed by atoms with Gasteiger partial charge in [0.1, 0.15) is 0 Å². The van der Waals surface area contributed by atoms with E-state index in [2.05, 4.69) is 63.9 Å². The molecule has 33 heavy (non-hydrogen) atoms. The molecule has 1 saturated heterocycles. The molecule has 3 heterocycles. The van der Waals surface area contributed by atoms with E-state index in [4.69, 9.17) is 15.0 Å². The maximum atomic E-state index is 4.76. The summed E-state index contributed by atoms with van der Waals surface area (Å²) in [6.07, 6.45) is 0. The summed E-state index contributed by atoms with van der Waals surface area (Å²) in [6.45, 7) is 8.62. The standard InChI is InChI=1S/C24H28N8S/c1-16(18-6-4-3-5-7-18)14-26-22-29-23(31-24(30-22)32-12-10-25-11-13-32)28-19-8-9-20-21(17(19)2)33-15-27-20/h3-9,15-16,25H,10-14H2,1-2H3,(H2,26,28,29,30,31). The summed E-state index contributed by atoms with van der Waals surface area (Å²) in [5.41, 5.74) is 6.30. The number of thiazole rings is 1. The van der Waals surface area contributed by atoms with Crippen molar-refractivity contribution >= 4 is 45.1 Å². The minimum absolute atomic E-state index is 0.331. The van der Waals surface area contributed by atoms with E-state index in [9.17, 15) is 0 Å². The average Bonchev–Trinajstić information content (AvgIpc) is 3.35. The first-order chi connectivity index (χ1) is 16.2. The number of aromatic nitrogens is 4. The number of nitrogens with zero attached hydrogens (tertiary/aromatic N) is 5. The number of benzene rings is 2. The predicted molar refractivity (Wildman–Crippen MR) is 136 cm³/mol. The molecule has 1 unspecified atom stereocenters. The Morgan fingerprint density at radius 2 is 1.82 bits per heavy atom. The molecule has 1 aliphatic rings. The molecular weight excluding hydrogens is 432 g/mol. The third-order valence-corrected chi connectivity index (χ3v) is 6.91. The number of hydrogen-bond acceptors (Lipinski definition) is 9. The molecule has 170 valence electrons. The molecule has 9 heteroatoms. The zero-order chi connectivity index (χ0) is 22.6. The van der Waals surface area contributed by atoms with Crippen LogP contribution in [-0.2, 0) is 0 Å². The molecule has 1 aliphatic heterocycles. The van der Waals surface area contributed by atoms with Gasteiger partial charge in [-0.15, -0.1) is 11.3 Å². The molecule has 1 atom stereocenters. The summed E-state index contributed by atoms with van der Waals surface area (Å²) in [5.74, 6) is 2.15. The third kappa shape index (κ3) is 4.89. The minimum atomic E-state index is 0.331. The quantitative estimate of drug-likeness (QED) is 0.379. The maximum Gasteiger partial charge on any atom is 0.233 e. The monoisotopic (exact) mass is 460 g/mol. The lowest BCUT2D eigenvalue weighted by Crippen LogP contribution is -2.44. The number of nitrogens with one attached hydrogen (secondary N) is 3. The first-order valence-corrected chi connectivity index (χ1v) is 12.2. The van der Waals surface area contributed by atoms with Crippen molar-refractivity contribution in [1.82, 2.24) is 25.3 Å². The Kier molecular flexibility index (Phi) is 6.32. The summed E-state index contributed by atoms with van der Waals surface area (Å²) in [5, 5.41) is 10.2. The second kappa shape index (κ2) is 9.68. The Morgan fingerprint density at radius 3 is 2.64 bits per heavy atom. The van der Waals surface area contributed by atoms with E-state index in [-0.39, 0.29) is 0 Å². The van der Waals surface area contributed by atoms with Gasteiger partial charge in [-0.25, -0.2) is 4.98 Å². The molecule has 0 bridgehead atoms. The van der Waals surface area contributed by atoms with E-state index >= 15 is 0 Å². The first-order valence-electron chi connectivity index (χ1n) is 11.3. The molecule has 0 spiro atoms. The van der Waals surface area contributed by atoms with E-state index < -0.39 is 0 Å². The van der Waals surface area contributed by atoms with E-state index in [1.165, 1.54) is 10.3 Å². The highest BCUT2D eigenvalue weighted by atomic mass is 32.1. The number of hydrogen-bond donors (Lipinski definition) is 3. The highest BCUT2D eigenvalue weighted by molar-refractivity contribution is 7.17. The van der Waals surface area contributed by atoms with Crippen LogP contribution in [0.4, 0.5) is 23.5 Å². The van der Waals surface area contributed by atoms with Gasteiger partial charge in [0.2, 0.25) is 17.8 Å². The number of anilines is 4. The van der Waals surface area contributed by atoms with Crippen LogP contribution in [-0.4, -0.2) is 52.7 Å². The lowest BCUT2D eigenvalue weighted by molar-refractivity contribution is 0.579. The van der Waals surface area contributed by atoms with E-state index in [0.29, 0.717) is 23.8 Å². The highest BCUT2D eigenvalue weighted by Gasteiger charge is 2.17. The fourth-order valence-electron chi connectivity index (χ4n) is 3.97. The average molecular weight is 461 g/mol. The van der Waals surface area contributed by atoms with Gasteiger partial charge in [0.25, 0.3) is 0 Å². The van der Waals surface area contributed by atoms with Crippen molar-refractivity contribution in [2.24, 2.45) is 0 Å². The number of aryl methyl sites for hydroxylation is 1. The number of rotatable bonds is 7. The van der Waals surface area contributed by atoms with Crippen LogP contribution in [0.25, 0.3) is 10.2 Å². The SMILES string of the molecule is Cc1c(Nc2nc(NCC(C)c3ccccc3)nc(N3CCNCC3)n2)ccc2ncsc12. The number of piperazine rings is 1. The zero-order valence-electron chi connectivity index (χ0n) is 18.9. The normalized spacial score (nSPS) is 14.9. The van der Waals surface area contributed by atoms with Crippen LogP contribution in [0.2, 0.25) is 0 Å². The molecule has 3 N–H and O–H groups in total. The van der Waals surface area contributed by atoms with Crippen LogP contribution in [0.5, 0.6) is 0 Å². The van der Waals surface area contributed by atoms with Crippen LogP contribution in [0.15, 0.2) is 48.0 Å². The van der Waals surface area contributed by atoms with Gasteiger partial charge in [0.15, 0.2) is 0 Å². The molecule has 0 radical (unpaired) electrons. The zero-order valence-corrected chi connectivity index (χ0v) is 19.7.